The van der Waals surface area contributed by atoms with E-state index in [1.54, 1.807) is 24.0 Å². The average molecular weight is 268 g/mol. The SMILES string of the molecule is CCCn1cc(Oc2nc(Cl)nc(C)c2N)cn1. The Labute approximate surface area is 110 Å². The fraction of sp³-hybridized carbons (Fsp3) is 0.364. The van der Waals surface area contributed by atoms with Crippen molar-refractivity contribution in [2.75, 3.05) is 5.73 Å². The van der Waals surface area contributed by atoms with E-state index in [1.165, 1.54) is 0 Å². The van der Waals surface area contributed by atoms with Gasteiger partial charge in [-0.05, 0) is 24.9 Å². The number of nitrogens with two attached hydrogens (primary N) is 1. The van der Waals surface area contributed by atoms with Gasteiger partial charge >= 0.3 is 0 Å². The van der Waals surface area contributed by atoms with Crippen molar-refractivity contribution in [1.29, 1.82) is 0 Å². The van der Waals surface area contributed by atoms with Gasteiger partial charge in [0, 0.05) is 6.54 Å². The minimum absolute atomic E-state index is 0.109. The second-order valence-corrected chi connectivity index (χ2v) is 4.18. The minimum Gasteiger partial charge on any atom is -0.434 e. The van der Waals surface area contributed by atoms with Crippen LogP contribution < -0.4 is 10.5 Å². The van der Waals surface area contributed by atoms with E-state index >= 15 is 0 Å². The van der Waals surface area contributed by atoms with Gasteiger partial charge < -0.3 is 10.5 Å². The quantitative estimate of drug-likeness (QED) is 0.861. The Morgan fingerprint density at radius 2 is 2.22 bits per heavy atom. The van der Waals surface area contributed by atoms with E-state index in [0.717, 1.165) is 13.0 Å². The predicted octanol–water partition coefficient (Wildman–Crippen LogP) is 2.42. The van der Waals surface area contributed by atoms with Crippen molar-refractivity contribution >= 4 is 17.3 Å². The highest BCUT2D eigenvalue weighted by Crippen LogP contribution is 2.27. The van der Waals surface area contributed by atoms with E-state index in [-0.39, 0.29) is 11.2 Å². The number of ether oxygens (including phenoxy) is 1. The van der Waals surface area contributed by atoms with Crippen LogP contribution in [0.1, 0.15) is 19.0 Å². The van der Waals surface area contributed by atoms with E-state index in [9.17, 15) is 0 Å². The standard InChI is InChI=1S/C11H14ClN5O/c1-3-4-17-6-8(5-14-17)18-10-9(13)7(2)15-11(12)16-10/h5-6H,3-4,13H2,1-2H3. The van der Waals surface area contributed by atoms with Crippen LogP contribution in [0.5, 0.6) is 11.6 Å². The first-order valence-corrected chi connectivity index (χ1v) is 5.98. The maximum Gasteiger partial charge on any atom is 0.247 e. The molecule has 6 nitrogen and oxygen atoms in total. The predicted molar refractivity (Wildman–Crippen MR) is 68.8 cm³/mol. The summed E-state index contributed by atoms with van der Waals surface area (Å²) in [6.45, 7) is 4.66. The van der Waals surface area contributed by atoms with Crippen molar-refractivity contribution in [3.05, 3.63) is 23.4 Å². The molecule has 2 aromatic rings. The molecule has 2 aromatic heterocycles. The van der Waals surface area contributed by atoms with Crippen LogP contribution in [0.4, 0.5) is 5.69 Å². The fourth-order valence-electron chi connectivity index (χ4n) is 1.46. The van der Waals surface area contributed by atoms with Gasteiger partial charge in [0.25, 0.3) is 0 Å². The Bertz CT molecular complexity index is 554. The second kappa shape index (κ2) is 5.22. The minimum atomic E-state index is 0.109. The van der Waals surface area contributed by atoms with Crippen molar-refractivity contribution < 1.29 is 4.74 Å². The third-order valence-corrected chi connectivity index (χ3v) is 2.52. The highest BCUT2D eigenvalue weighted by atomic mass is 35.5. The molecule has 0 saturated carbocycles. The lowest BCUT2D eigenvalue weighted by Crippen LogP contribution is -2.00. The van der Waals surface area contributed by atoms with Crippen molar-refractivity contribution in [1.82, 2.24) is 19.7 Å². The third kappa shape index (κ3) is 2.70. The Kier molecular flexibility index (Phi) is 3.66. The van der Waals surface area contributed by atoms with Gasteiger partial charge in [0.05, 0.1) is 18.1 Å². The third-order valence-electron chi connectivity index (χ3n) is 2.35. The molecule has 0 unspecified atom stereocenters. The molecule has 0 radical (unpaired) electrons. The number of aromatic nitrogens is 4. The number of hydrogen-bond acceptors (Lipinski definition) is 5. The molecular weight excluding hydrogens is 254 g/mol. The lowest BCUT2D eigenvalue weighted by Gasteiger charge is -2.07. The van der Waals surface area contributed by atoms with Crippen LogP contribution in [0.3, 0.4) is 0 Å². The molecule has 7 heteroatoms. The highest BCUT2D eigenvalue weighted by Gasteiger charge is 2.11. The monoisotopic (exact) mass is 267 g/mol. The molecule has 0 saturated heterocycles. The number of rotatable bonds is 4. The topological polar surface area (TPSA) is 78.8 Å². The Morgan fingerprint density at radius 1 is 1.44 bits per heavy atom. The van der Waals surface area contributed by atoms with Crippen LogP contribution in [-0.4, -0.2) is 19.7 Å². The van der Waals surface area contributed by atoms with Crippen LogP contribution in [0.2, 0.25) is 5.28 Å². The summed E-state index contributed by atoms with van der Waals surface area (Å²) < 4.78 is 7.35. The van der Waals surface area contributed by atoms with E-state index in [1.807, 2.05) is 0 Å². The molecule has 2 heterocycles. The normalized spacial score (nSPS) is 10.6. The fourth-order valence-corrected chi connectivity index (χ4v) is 1.66. The lowest BCUT2D eigenvalue weighted by molar-refractivity contribution is 0.462. The molecule has 0 amide bonds. The van der Waals surface area contributed by atoms with Gasteiger partial charge in [0.15, 0.2) is 5.75 Å². The van der Waals surface area contributed by atoms with Gasteiger partial charge in [-0.25, -0.2) is 4.98 Å². The van der Waals surface area contributed by atoms with Gasteiger partial charge in [-0.1, -0.05) is 6.92 Å². The van der Waals surface area contributed by atoms with Gasteiger partial charge in [-0.15, -0.1) is 0 Å². The van der Waals surface area contributed by atoms with Crippen molar-refractivity contribution in [3.63, 3.8) is 0 Å². The smallest absolute Gasteiger partial charge is 0.247 e. The number of hydrogen-bond donors (Lipinski definition) is 1. The molecule has 0 bridgehead atoms. The Hall–Kier alpha value is -1.82. The molecule has 0 spiro atoms. The lowest BCUT2D eigenvalue weighted by atomic mass is 10.4. The summed E-state index contributed by atoms with van der Waals surface area (Å²) in [4.78, 5) is 7.89. The van der Waals surface area contributed by atoms with E-state index in [4.69, 9.17) is 22.1 Å². The molecular formula is C11H14ClN5O. The molecule has 0 aliphatic carbocycles. The zero-order chi connectivity index (χ0) is 13.1. The summed E-state index contributed by atoms with van der Waals surface area (Å²) in [5.41, 5.74) is 6.80. The number of halogens is 1. The number of anilines is 1. The van der Waals surface area contributed by atoms with Crippen molar-refractivity contribution in [2.24, 2.45) is 0 Å². The van der Waals surface area contributed by atoms with Gasteiger partial charge in [0.2, 0.25) is 11.2 Å². The summed E-state index contributed by atoms with van der Waals surface area (Å²) >= 11 is 5.76. The highest BCUT2D eigenvalue weighted by molar-refractivity contribution is 6.28. The van der Waals surface area contributed by atoms with E-state index in [2.05, 4.69) is 22.0 Å². The summed E-state index contributed by atoms with van der Waals surface area (Å²) in [5.74, 6) is 0.827. The van der Waals surface area contributed by atoms with E-state index in [0.29, 0.717) is 17.1 Å². The first-order chi connectivity index (χ1) is 8.60. The maximum absolute atomic E-state index is 5.83. The number of nitrogen functional groups attached to an aromatic ring is 1. The van der Waals surface area contributed by atoms with Gasteiger partial charge in [-0.3, -0.25) is 4.68 Å². The van der Waals surface area contributed by atoms with Crippen LogP contribution in [0.25, 0.3) is 0 Å². The molecule has 0 fully saturated rings. The molecule has 18 heavy (non-hydrogen) atoms. The van der Waals surface area contributed by atoms with Crippen LogP contribution in [0.15, 0.2) is 12.4 Å². The molecule has 2 rings (SSSR count). The molecule has 0 aromatic carbocycles. The van der Waals surface area contributed by atoms with Crippen LogP contribution in [-0.2, 0) is 6.54 Å². The molecule has 0 aliphatic heterocycles. The zero-order valence-corrected chi connectivity index (χ0v) is 11.0. The van der Waals surface area contributed by atoms with Crippen LogP contribution in [0, 0.1) is 6.92 Å². The first-order valence-electron chi connectivity index (χ1n) is 5.60. The number of aryl methyl sites for hydroxylation is 2. The Balaban J connectivity index is 2.22. The molecule has 96 valence electrons. The second-order valence-electron chi connectivity index (χ2n) is 3.84. The summed E-state index contributed by atoms with van der Waals surface area (Å²) in [7, 11) is 0. The van der Waals surface area contributed by atoms with Gasteiger partial charge in [-0.2, -0.15) is 10.1 Å². The van der Waals surface area contributed by atoms with Crippen molar-refractivity contribution in [3.8, 4) is 11.6 Å². The summed E-state index contributed by atoms with van der Waals surface area (Å²) in [6.07, 6.45) is 4.40. The van der Waals surface area contributed by atoms with Crippen molar-refractivity contribution in [2.45, 2.75) is 26.8 Å². The largest absolute Gasteiger partial charge is 0.434 e. The Morgan fingerprint density at radius 3 is 2.94 bits per heavy atom. The summed E-state index contributed by atoms with van der Waals surface area (Å²) in [6, 6.07) is 0. The molecule has 2 N–H and O–H groups in total. The maximum atomic E-state index is 5.83. The van der Waals surface area contributed by atoms with E-state index < -0.39 is 0 Å². The van der Waals surface area contributed by atoms with Gasteiger partial charge in [0.1, 0.15) is 5.69 Å². The zero-order valence-electron chi connectivity index (χ0n) is 10.2. The average Bonchev–Trinajstić information content (AvgIpc) is 2.73. The summed E-state index contributed by atoms with van der Waals surface area (Å²) in [5, 5.41) is 4.26. The molecule has 0 aliphatic rings. The number of nitrogens with zero attached hydrogens (tertiary/aromatic N) is 4. The first kappa shape index (κ1) is 12.6. The van der Waals surface area contributed by atoms with Crippen LogP contribution >= 0.6 is 11.6 Å². The molecule has 0 atom stereocenters.